The van der Waals surface area contributed by atoms with Crippen LogP contribution in [-0.4, -0.2) is 16.3 Å². The van der Waals surface area contributed by atoms with Gasteiger partial charge in [-0.2, -0.15) is 0 Å². The van der Waals surface area contributed by atoms with E-state index in [0.29, 0.717) is 6.07 Å². The summed E-state index contributed by atoms with van der Waals surface area (Å²) in [5.41, 5.74) is 5.07. The van der Waals surface area contributed by atoms with Gasteiger partial charge in [0.25, 0.3) is 0 Å². The molecule has 0 saturated carbocycles. The quantitative estimate of drug-likeness (QED) is 0.632. The number of hydrogen-bond donors (Lipinski definition) is 1. The highest BCUT2D eigenvalue weighted by atomic mass is 19.4. The van der Waals surface area contributed by atoms with Crippen LogP contribution in [0.3, 0.4) is 0 Å². The topological polar surface area (TPSA) is 91.3 Å². The molecule has 1 rings (SSSR count). The van der Waals surface area contributed by atoms with Gasteiger partial charge >= 0.3 is 12.2 Å². The molecule has 0 fully saturated rings. The first-order chi connectivity index (χ1) is 7.33. The van der Waals surface area contributed by atoms with Crippen LogP contribution < -0.4 is 10.5 Å². The van der Waals surface area contributed by atoms with Gasteiger partial charge < -0.3 is 20.6 Å². The lowest BCUT2D eigenvalue weighted by Gasteiger charge is -2.10. The molecule has 9 heteroatoms. The summed E-state index contributed by atoms with van der Waals surface area (Å²) in [4.78, 5) is 12.7. The van der Waals surface area contributed by atoms with Gasteiger partial charge in [-0.15, -0.1) is 13.2 Å². The fourth-order valence-corrected chi connectivity index (χ4v) is 0.928. The van der Waals surface area contributed by atoms with Gasteiger partial charge in [0.05, 0.1) is 11.6 Å². The Kier molecular flexibility index (Phi) is 3.28. The Labute approximate surface area is 87.0 Å². The van der Waals surface area contributed by atoms with Crippen LogP contribution in [0.1, 0.15) is 5.56 Å². The molecule has 0 saturated heterocycles. The molecule has 0 bridgehead atoms. The van der Waals surface area contributed by atoms with E-state index in [4.69, 9.17) is 5.73 Å². The van der Waals surface area contributed by atoms with Crippen LogP contribution in [0.5, 0.6) is 5.75 Å². The average Bonchev–Trinajstić information content (AvgIpc) is 2.15. The van der Waals surface area contributed by atoms with Crippen LogP contribution in [-0.2, 0) is 6.54 Å². The second-order valence-corrected chi connectivity index (χ2v) is 2.66. The van der Waals surface area contributed by atoms with Crippen molar-refractivity contribution in [3.8, 4) is 5.75 Å². The van der Waals surface area contributed by atoms with Crippen LogP contribution in [0.15, 0.2) is 12.3 Å². The van der Waals surface area contributed by atoms with E-state index in [9.17, 15) is 23.3 Å². The van der Waals surface area contributed by atoms with Crippen molar-refractivity contribution in [3.05, 3.63) is 27.9 Å². The first-order valence-corrected chi connectivity index (χ1v) is 3.92. The summed E-state index contributed by atoms with van der Waals surface area (Å²) in [6, 6.07) is 0.579. The number of alkyl halides is 3. The molecule has 0 aliphatic heterocycles. The Balaban J connectivity index is 3.12. The maximum atomic E-state index is 11.9. The third-order valence-corrected chi connectivity index (χ3v) is 1.56. The Hall–Kier alpha value is -1.90. The van der Waals surface area contributed by atoms with Crippen molar-refractivity contribution in [2.24, 2.45) is 5.73 Å². The lowest BCUT2D eigenvalue weighted by Crippen LogP contribution is -2.19. The van der Waals surface area contributed by atoms with Crippen molar-refractivity contribution in [2.75, 3.05) is 0 Å². The summed E-state index contributed by atoms with van der Waals surface area (Å²) >= 11 is 0. The number of hydrogen-bond acceptors (Lipinski definition) is 5. The van der Waals surface area contributed by atoms with Crippen LogP contribution >= 0.6 is 0 Å². The first-order valence-electron chi connectivity index (χ1n) is 3.92. The molecule has 2 N–H and O–H groups in total. The van der Waals surface area contributed by atoms with E-state index < -0.39 is 22.9 Å². The predicted molar refractivity (Wildman–Crippen MR) is 45.5 cm³/mol. The third kappa shape index (κ3) is 3.05. The Bertz CT molecular complexity index is 408. The Morgan fingerprint density at radius 1 is 1.56 bits per heavy atom. The van der Waals surface area contributed by atoms with Crippen LogP contribution in [0, 0.1) is 10.1 Å². The van der Waals surface area contributed by atoms with E-state index in [1.165, 1.54) is 0 Å². The normalized spacial score (nSPS) is 11.2. The van der Waals surface area contributed by atoms with Gasteiger partial charge in [-0.1, -0.05) is 0 Å². The molecule has 0 aromatic carbocycles. The van der Waals surface area contributed by atoms with E-state index in [0.717, 1.165) is 6.20 Å². The highest BCUT2D eigenvalue weighted by molar-refractivity contribution is 5.38. The lowest BCUT2D eigenvalue weighted by molar-refractivity contribution is -0.389. The molecule has 0 unspecified atom stereocenters. The number of ether oxygens (including phenoxy) is 1. The first kappa shape index (κ1) is 12.2. The minimum absolute atomic E-state index is 0.0667. The van der Waals surface area contributed by atoms with Crippen molar-refractivity contribution in [1.82, 2.24) is 4.98 Å². The van der Waals surface area contributed by atoms with Gasteiger partial charge in [-0.25, -0.2) is 0 Å². The van der Waals surface area contributed by atoms with Gasteiger partial charge in [0.1, 0.15) is 11.9 Å². The van der Waals surface area contributed by atoms with Crippen molar-refractivity contribution in [3.63, 3.8) is 0 Å². The number of rotatable bonds is 3. The molecule has 0 atom stereocenters. The van der Waals surface area contributed by atoms with Crippen LogP contribution in [0.4, 0.5) is 19.0 Å². The van der Waals surface area contributed by atoms with Gasteiger partial charge in [0.2, 0.25) is 0 Å². The zero-order chi connectivity index (χ0) is 12.3. The molecule has 16 heavy (non-hydrogen) atoms. The Morgan fingerprint density at radius 3 is 2.62 bits per heavy atom. The molecule has 1 aromatic rings. The molecule has 1 aromatic heterocycles. The summed E-state index contributed by atoms with van der Waals surface area (Å²) in [5.74, 6) is -1.45. The van der Waals surface area contributed by atoms with Gasteiger partial charge in [0.15, 0.2) is 0 Å². The number of nitro groups is 1. The number of halogens is 3. The zero-order valence-corrected chi connectivity index (χ0v) is 7.69. The maximum Gasteiger partial charge on any atom is 0.573 e. The Morgan fingerprint density at radius 2 is 2.19 bits per heavy atom. The maximum absolute atomic E-state index is 11.9. The molecule has 0 aliphatic carbocycles. The molecule has 0 aliphatic rings. The SMILES string of the molecule is NCc1cnc([N+](=O)[O-])cc1OC(F)(F)F. The van der Waals surface area contributed by atoms with Crippen LogP contribution in [0.2, 0.25) is 0 Å². The zero-order valence-electron chi connectivity index (χ0n) is 7.69. The standard InChI is InChI=1S/C7H6F3N3O3/c8-7(9,10)16-5-1-6(13(14)15)12-3-4(5)2-11/h1,3H,2,11H2. The molecule has 0 radical (unpaired) electrons. The van der Waals surface area contributed by atoms with E-state index in [1.807, 2.05) is 0 Å². The van der Waals surface area contributed by atoms with Crippen molar-refractivity contribution < 1.29 is 22.8 Å². The minimum atomic E-state index is -4.93. The summed E-state index contributed by atoms with van der Waals surface area (Å²) in [7, 11) is 0. The van der Waals surface area contributed by atoms with Gasteiger partial charge in [0, 0.05) is 6.54 Å². The predicted octanol–water partition coefficient (Wildman–Crippen LogP) is 1.35. The summed E-state index contributed by atoms with van der Waals surface area (Å²) in [6.07, 6.45) is -4.06. The average molecular weight is 237 g/mol. The third-order valence-electron chi connectivity index (χ3n) is 1.56. The summed E-state index contributed by atoms with van der Waals surface area (Å²) in [5, 5.41) is 10.3. The highest BCUT2D eigenvalue weighted by Gasteiger charge is 2.33. The number of nitrogens with zero attached hydrogens (tertiary/aromatic N) is 2. The number of pyridine rings is 1. The van der Waals surface area contributed by atoms with E-state index >= 15 is 0 Å². The second kappa shape index (κ2) is 4.31. The fraction of sp³-hybridized carbons (Fsp3) is 0.286. The molecule has 6 nitrogen and oxygen atoms in total. The monoisotopic (exact) mass is 237 g/mol. The van der Waals surface area contributed by atoms with E-state index in [1.54, 1.807) is 0 Å². The highest BCUT2D eigenvalue weighted by Crippen LogP contribution is 2.28. The summed E-state index contributed by atoms with van der Waals surface area (Å²) in [6.45, 7) is -0.267. The number of aromatic nitrogens is 1. The molecule has 1 heterocycles. The largest absolute Gasteiger partial charge is 0.573 e. The van der Waals surface area contributed by atoms with Crippen molar-refractivity contribution in [2.45, 2.75) is 12.9 Å². The van der Waals surface area contributed by atoms with E-state index in [2.05, 4.69) is 9.72 Å². The van der Waals surface area contributed by atoms with Crippen LogP contribution in [0.25, 0.3) is 0 Å². The van der Waals surface area contributed by atoms with Gasteiger partial charge in [-0.05, 0) is 9.91 Å². The lowest BCUT2D eigenvalue weighted by atomic mass is 10.2. The minimum Gasteiger partial charge on any atom is -0.405 e. The van der Waals surface area contributed by atoms with Crippen molar-refractivity contribution in [1.29, 1.82) is 0 Å². The molecule has 0 spiro atoms. The smallest absolute Gasteiger partial charge is 0.405 e. The molecule has 88 valence electrons. The fourth-order valence-electron chi connectivity index (χ4n) is 0.928. The van der Waals surface area contributed by atoms with E-state index in [-0.39, 0.29) is 12.1 Å². The number of nitrogens with two attached hydrogens (primary N) is 1. The molecule has 0 amide bonds. The van der Waals surface area contributed by atoms with Gasteiger partial charge in [-0.3, -0.25) is 0 Å². The summed E-state index contributed by atoms with van der Waals surface area (Å²) < 4.78 is 39.4. The van der Waals surface area contributed by atoms with Crippen molar-refractivity contribution >= 4 is 5.82 Å². The molecular formula is C7H6F3N3O3. The molecular weight excluding hydrogens is 231 g/mol. The second-order valence-electron chi connectivity index (χ2n) is 2.66.